The molecular formula is C16H22BrNO2. The van der Waals surface area contributed by atoms with Crippen LogP contribution in [0, 0.1) is 0 Å². The van der Waals surface area contributed by atoms with Crippen molar-refractivity contribution in [2.24, 2.45) is 0 Å². The van der Waals surface area contributed by atoms with Crippen LogP contribution in [0.3, 0.4) is 0 Å². The first-order chi connectivity index (χ1) is 9.72. The molecular weight excluding hydrogens is 318 g/mol. The summed E-state index contributed by atoms with van der Waals surface area (Å²) in [4.78, 5) is 12.3. The maximum atomic E-state index is 12.3. The molecule has 1 atom stereocenters. The molecule has 0 aromatic heterocycles. The van der Waals surface area contributed by atoms with E-state index >= 15 is 0 Å². The van der Waals surface area contributed by atoms with Crippen molar-refractivity contribution < 1.29 is 9.53 Å². The van der Waals surface area contributed by atoms with Gasteiger partial charge in [-0.25, -0.2) is 4.79 Å². The second-order valence-electron chi connectivity index (χ2n) is 5.21. The number of benzene rings is 1. The smallest absolute Gasteiger partial charge is 0.327 e. The van der Waals surface area contributed by atoms with Gasteiger partial charge in [-0.05, 0) is 31.4 Å². The highest BCUT2D eigenvalue weighted by Crippen LogP contribution is 2.27. The Kier molecular flexibility index (Phi) is 6.05. The first-order valence-electron chi connectivity index (χ1n) is 7.39. The molecule has 0 radical (unpaired) electrons. The molecule has 1 aliphatic rings. The van der Waals surface area contributed by atoms with E-state index in [0.717, 1.165) is 22.9 Å². The van der Waals surface area contributed by atoms with Gasteiger partial charge in [-0.3, -0.25) is 5.32 Å². The molecule has 0 bridgehead atoms. The van der Waals surface area contributed by atoms with Crippen LogP contribution in [-0.4, -0.2) is 18.6 Å². The third-order valence-corrected chi connectivity index (χ3v) is 4.47. The third kappa shape index (κ3) is 4.06. The van der Waals surface area contributed by atoms with Gasteiger partial charge in [-0.1, -0.05) is 53.4 Å². The lowest BCUT2D eigenvalue weighted by Gasteiger charge is -2.28. The second-order valence-corrected chi connectivity index (χ2v) is 6.06. The summed E-state index contributed by atoms with van der Waals surface area (Å²) in [6.07, 6.45) is 6.06. The summed E-state index contributed by atoms with van der Waals surface area (Å²) in [5, 5.41) is 3.49. The Morgan fingerprint density at radius 2 is 2.05 bits per heavy atom. The van der Waals surface area contributed by atoms with E-state index < -0.39 is 0 Å². The van der Waals surface area contributed by atoms with Gasteiger partial charge in [0, 0.05) is 10.5 Å². The average Bonchev–Trinajstić information content (AvgIpc) is 2.47. The van der Waals surface area contributed by atoms with Gasteiger partial charge in [0.1, 0.15) is 6.04 Å². The molecule has 0 spiro atoms. The van der Waals surface area contributed by atoms with Crippen molar-refractivity contribution in [3.63, 3.8) is 0 Å². The van der Waals surface area contributed by atoms with E-state index in [0.29, 0.717) is 12.6 Å². The summed E-state index contributed by atoms with van der Waals surface area (Å²) in [5.41, 5.74) is 0.955. The molecule has 1 saturated carbocycles. The lowest BCUT2D eigenvalue weighted by molar-refractivity contribution is -0.146. The molecule has 3 nitrogen and oxygen atoms in total. The number of hydrogen-bond donors (Lipinski definition) is 1. The molecule has 1 aliphatic carbocycles. The zero-order chi connectivity index (χ0) is 14.4. The van der Waals surface area contributed by atoms with E-state index in [1.165, 1.54) is 19.3 Å². The van der Waals surface area contributed by atoms with Gasteiger partial charge in [0.05, 0.1) is 6.61 Å². The number of hydrogen-bond acceptors (Lipinski definition) is 3. The number of esters is 1. The van der Waals surface area contributed by atoms with Crippen LogP contribution in [-0.2, 0) is 9.53 Å². The highest BCUT2D eigenvalue weighted by atomic mass is 79.9. The van der Waals surface area contributed by atoms with Gasteiger partial charge < -0.3 is 4.74 Å². The lowest BCUT2D eigenvalue weighted by Crippen LogP contribution is -2.39. The minimum absolute atomic E-state index is 0.190. The minimum Gasteiger partial charge on any atom is -0.465 e. The fraction of sp³-hybridized carbons (Fsp3) is 0.562. The molecule has 1 aromatic carbocycles. The van der Waals surface area contributed by atoms with Crippen molar-refractivity contribution >= 4 is 21.9 Å². The number of nitrogens with one attached hydrogen (secondary N) is 1. The predicted molar refractivity (Wildman–Crippen MR) is 83.5 cm³/mol. The fourth-order valence-corrected chi connectivity index (χ4v) is 3.24. The van der Waals surface area contributed by atoms with Gasteiger partial charge >= 0.3 is 5.97 Å². The van der Waals surface area contributed by atoms with Crippen LogP contribution in [0.4, 0.5) is 0 Å². The third-order valence-electron chi connectivity index (χ3n) is 3.75. The van der Waals surface area contributed by atoms with Crippen LogP contribution < -0.4 is 5.32 Å². The van der Waals surface area contributed by atoms with E-state index in [1.807, 2.05) is 31.2 Å². The summed E-state index contributed by atoms with van der Waals surface area (Å²) in [5.74, 6) is -0.190. The van der Waals surface area contributed by atoms with Crippen LogP contribution in [0.25, 0.3) is 0 Å². The first kappa shape index (κ1) is 15.5. The molecule has 0 amide bonds. The van der Waals surface area contributed by atoms with Crippen molar-refractivity contribution in [1.29, 1.82) is 0 Å². The summed E-state index contributed by atoms with van der Waals surface area (Å²) in [7, 11) is 0. The van der Waals surface area contributed by atoms with E-state index in [4.69, 9.17) is 4.74 Å². The number of carbonyl (C=O) groups excluding carboxylic acids is 1. The Morgan fingerprint density at radius 1 is 1.35 bits per heavy atom. The summed E-state index contributed by atoms with van der Waals surface area (Å²) < 4.78 is 6.18. The second kappa shape index (κ2) is 7.79. The minimum atomic E-state index is -0.381. The molecule has 4 heteroatoms. The fourth-order valence-electron chi connectivity index (χ4n) is 2.72. The topological polar surface area (TPSA) is 38.3 Å². The van der Waals surface area contributed by atoms with E-state index in [1.54, 1.807) is 0 Å². The Bertz CT molecular complexity index is 444. The van der Waals surface area contributed by atoms with E-state index in [9.17, 15) is 4.79 Å². The predicted octanol–water partition coefficient (Wildman–Crippen LogP) is 3.98. The van der Waals surface area contributed by atoms with E-state index in [2.05, 4.69) is 21.2 Å². The molecule has 2 rings (SSSR count). The maximum absolute atomic E-state index is 12.3. The monoisotopic (exact) mass is 339 g/mol. The molecule has 0 aliphatic heterocycles. The number of ether oxygens (including phenoxy) is 1. The van der Waals surface area contributed by atoms with Crippen LogP contribution in [0.5, 0.6) is 0 Å². The average molecular weight is 340 g/mol. The maximum Gasteiger partial charge on any atom is 0.327 e. The highest BCUT2D eigenvalue weighted by Gasteiger charge is 2.27. The van der Waals surface area contributed by atoms with Gasteiger partial charge in [0.2, 0.25) is 0 Å². The highest BCUT2D eigenvalue weighted by molar-refractivity contribution is 9.10. The van der Waals surface area contributed by atoms with Gasteiger partial charge in [0.15, 0.2) is 0 Å². The van der Waals surface area contributed by atoms with Crippen LogP contribution in [0.1, 0.15) is 50.6 Å². The summed E-state index contributed by atoms with van der Waals surface area (Å²) in [6, 6.07) is 7.87. The number of carbonyl (C=O) groups is 1. The summed E-state index contributed by atoms with van der Waals surface area (Å²) in [6.45, 7) is 2.25. The number of rotatable bonds is 5. The molecule has 1 aromatic rings. The van der Waals surface area contributed by atoms with Gasteiger partial charge in [0.25, 0.3) is 0 Å². The molecule has 1 fully saturated rings. The zero-order valence-corrected chi connectivity index (χ0v) is 13.5. The molecule has 20 heavy (non-hydrogen) atoms. The quantitative estimate of drug-likeness (QED) is 0.824. The van der Waals surface area contributed by atoms with Crippen molar-refractivity contribution in [2.45, 2.75) is 51.1 Å². The van der Waals surface area contributed by atoms with Crippen molar-refractivity contribution in [1.82, 2.24) is 5.32 Å². The molecule has 1 N–H and O–H groups in total. The molecule has 110 valence electrons. The molecule has 0 heterocycles. The van der Waals surface area contributed by atoms with Crippen molar-refractivity contribution in [3.8, 4) is 0 Å². The lowest BCUT2D eigenvalue weighted by atomic mass is 9.94. The largest absolute Gasteiger partial charge is 0.465 e. The van der Waals surface area contributed by atoms with Gasteiger partial charge in [-0.2, -0.15) is 0 Å². The van der Waals surface area contributed by atoms with Crippen molar-refractivity contribution in [3.05, 3.63) is 34.3 Å². The standard InChI is InChI=1S/C16H22BrNO2/c1-2-20-16(19)15(13-10-6-7-11-14(13)17)18-12-8-4-3-5-9-12/h6-7,10-12,15,18H,2-5,8-9H2,1H3. The van der Waals surface area contributed by atoms with Crippen LogP contribution in [0.2, 0.25) is 0 Å². The normalized spacial score (nSPS) is 17.7. The Morgan fingerprint density at radius 3 is 2.70 bits per heavy atom. The Labute approximate surface area is 129 Å². The van der Waals surface area contributed by atoms with E-state index in [-0.39, 0.29) is 12.0 Å². The van der Waals surface area contributed by atoms with Crippen LogP contribution >= 0.6 is 15.9 Å². The molecule has 1 unspecified atom stereocenters. The number of halogens is 1. The Balaban J connectivity index is 2.15. The zero-order valence-electron chi connectivity index (χ0n) is 11.9. The van der Waals surface area contributed by atoms with Gasteiger partial charge in [-0.15, -0.1) is 0 Å². The molecule has 0 saturated heterocycles. The first-order valence-corrected chi connectivity index (χ1v) is 8.18. The SMILES string of the molecule is CCOC(=O)C(NC1CCCCC1)c1ccccc1Br. The van der Waals surface area contributed by atoms with Crippen molar-refractivity contribution in [2.75, 3.05) is 6.61 Å². The Hall–Kier alpha value is -0.870. The summed E-state index contributed by atoms with van der Waals surface area (Å²) >= 11 is 3.53. The van der Waals surface area contributed by atoms with Crippen LogP contribution in [0.15, 0.2) is 28.7 Å².